The Balaban J connectivity index is 1.68. The third kappa shape index (κ3) is 6.13. The van der Waals surface area contributed by atoms with Gasteiger partial charge >= 0.3 is 12.1 Å². The van der Waals surface area contributed by atoms with Crippen LogP contribution >= 0.6 is 23.2 Å². The van der Waals surface area contributed by atoms with Crippen molar-refractivity contribution in [1.82, 2.24) is 0 Å². The largest absolute Gasteiger partial charge is 0.323 e. The van der Waals surface area contributed by atoms with Crippen molar-refractivity contribution >= 4 is 58.0 Å². The van der Waals surface area contributed by atoms with Gasteiger partial charge in [0.1, 0.15) is 0 Å². The third-order valence-electron chi connectivity index (χ3n) is 4.64. The van der Waals surface area contributed by atoms with Crippen molar-refractivity contribution in [2.75, 3.05) is 21.3 Å². The molecule has 0 aromatic heterocycles. The first-order valence-electron chi connectivity index (χ1n) is 9.50. The van der Waals surface area contributed by atoms with Gasteiger partial charge in [-0.15, -0.1) is 0 Å². The average Bonchev–Trinajstić information content (AvgIpc) is 2.70. The van der Waals surface area contributed by atoms with Crippen LogP contribution in [-0.4, -0.2) is 12.1 Å². The summed E-state index contributed by atoms with van der Waals surface area (Å²) in [6.45, 7) is 5.61. The van der Waals surface area contributed by atoms with Gasteiger partial charge in [0.2, 0.25) is 0 Å². The number of rotatable bonds is 4. The van der Waals surface area contributed by atoms with Crippen LogP contribution in [0.15, 0.2) is 54.6 Å². The van der Waals surface area contributed by atoms with Crippen molar-refractivity contribution < 1.29 is 9.59 Å². The summed E-state index contributed by atoms with van der Waals surface area (Å²) >= 11 is 12.0. The third-order valence-corrected chi connectivity index (χ3v) is 5.11. The first-order valence-corrected chi connectivity index (χ1v) is 10.3. The molecule has 6 nitrogen and oxygen atoms in total. The lowest BCUT2D eigenvalue weighted by Crippen LogP contribution is -2.22. The molecule has 0 atom stereocenters. The summed E-state index contributed by atoms with van der Waals surface area (Å²) in [5.74, 6) is 0. The molecule has 0 fully saturated rings. The summed E-state index contributed by atoms with van der Waals surface area (Å²) in [4.78, 5) is 24.9. The van der Waals surface area contributed by atoms with Gasteiger partial charge in [0.25, 0.3) is 0 Å². The number of hydrogen-bond acceptors (Lipinski definition) is 2. The lowest BCUT2D eigenvalue weighted by molar-refractivity contribution is 0.261. The highest BCUT2D eigenvalue weighted by Crippen LogP contribution is 2.24. The fraction of sp³-hybridized carbons (Fsp3) is 0.130. The van der Waals surface area contributed by atoms with Crippen molar-refractivity contribution in [3.8, 4) is 0 Å². The highest BCUT2D eigenvalue weighted by molar-refractivity contribution is 6.31. The second-order valence-corrected chi connectivity index (χ2v) is 7.98. The van der Waals surface area contributed by atoms with E-state index in [9.17, 15) is 9.59 Å². The summed E-state index contributed by atoms with van der Waals surface area (Å²) < 4.78 is 0. The highest BCUT2D eigenvalue weighted by Gasteiger charge is 2.10. The molecule has 0 bridgehead atoms. The fourth-order valence-electron chi connectivity index (χ4n) is 2.85. The fourth-order valence-corrected chi connectivity index (χ4v) is 3.20. The number of carbonyl (C=O) groups excluding carboxylic acids is 2. The zero-order valence-corrected chi connectivity index (χ0v) is 18.8. The van der Waals surface area contributed by atoms with E-state index in [1.807, 2.05) is 32.9 Å². The Morgan fingerprint density at radius 3 is 1.45 bits per heavy atom. The molecule has 0 aliphatic rings. The molecule has 3 aromatic rings. The van der Waals surface area contributed by atoms with Crippen molar-refractivity contribution in [2.24, 2.45) is 0 Å². The molecule has 8 heteroatoms. The second kappa shape index (κ2) is 9.73. The maximum absolute atomic E-state index is 12.5. The Labute approximate surface area is 190 Å². The Bertz CT molecular complexity index is 1150. The minimum Gasteiger partial charge on any atom is -0.308 e. The molecule has 31 heavy (non-hydrogen) atoms. The molecule has 0 aliphatic carbocycles. The molecule has 0 saturated carbocycles. The molecule has 0 heterocycles. The highest BCUT2D eigenvalue weighted by atomic mass is 35.5. The number of aryl methyl sites for hydroxylation is 3. The lowest BCUT2D eigenvalue weighted by Gasteiger charge is -2.14. The molecule has 0 aliphatic heterocycles. The Kier molecular flexibility index (Phi) is 7.05. The van der Waals surface area contributed by atoms with Gasteiger partial charge in [-0.05, 0) is 73.9 Å². The first kappa shape index (κ1) is 22.5. The van der Waals surface area contributed by atoms with Crippen molar-refractivity contribution in [3.05, 3.63) is 81.3 Å². The van der Waals surface area contributed by atoms with Gasteiger partial charge in [0, 0.05) is 32.8 Å². The molecular weight excluding hydrogens is 435 g/mol. The van der Waals surface area contributed by atoms with E-state index in [-0.39, 0.29) is 0 Å². The minimum absolute atomic E-state index is 0.412. The number of hydrogen-bond donors (Lipinski definition) is 4. The molecule has 160 valence electrons. The van der Waals surface area contributed by atoms with Crippen LogP contribution in [-0.2, 0) is 0 Å². The molecule has 3 rings (SSSR count). The van der Waals surface area contributed by atoms with E-state index < -0.39 is 12.1 Å². The predicted molar refractivity (Wildman–Crippen MR) is 129 cm³/mol. The van der Waals surface area contributed by atoms with Gasteiger partial charge in [-0.25, -0.2) is 9.59 Å². The van der Waals surface area contributed by atoms with Crippen molar-refractivity contribution in [3.63, 3.8) is 0 Å². The average molecular weight is 457 g/mol. The Hall–Kier alpha value is -3.22. The Morgan fingerprint density at radius 1 is 0.581 bits per heavy atom. The van der Waals surface area contributed by atoms with E-state index in [0.29, 0.717) is 32.8 Å². The van der Waals surface area contributed by atoms with Crippen LogP contribution in [0.1, 0.15) is 16.7 Å². The van der Waals surface area contributed by atoms with Gasteiger partial charge in [0.15, 0.2) is 0 Å². The zero-order chi connectivity index (χ0) is 22.5. The predicted octanol–water partition coefficient (Wildman–Crippen LogP) is 7.21. The number of halogens is 2. The maximum Gasteiger partial charge on any atom is 0.323 e. The van der Waals surface area contributed by atoms with E-state index in [0.717, 1.165) is 16.7 Å². The van der Waals surface area contributed by atoms with Crippen LogP contribution in [0, 0.1) is 20.8 Å². The molecule has 0 radical (unpaired) electrons. The molecular formula is C23H22Cl2N4O2. The molecule has 0 saturated heterocycles. The summed E-state index contributed by atoms with van der Waals surface area (Å²) in [6, 6.07) is 14.9. The topological polar surface area (TPSA) is 82.3 Å². The molecule has 4 amide bonds. The zero-order valence-electron chi connectivity index (χ0n) is 17.3. The number of urea groups is 2. The minimum atomic E-state index is -0.417. The van der Waals surface area contributed by atoms with Crippen LogP contribution in [0.4, 0.5) is 32.3 Å². The number of nitrogens with one attached hydrogen (secondary N) is 4. The first-order chi connectivity index (χ1) is 14.7. The SMILES string of the molecule is Cc1ccc(Cl)cc1NC(=O)Nc1ccc(C)c(NC(=O)Nc2cc(Cl)ccc2C)c1. The smallest absolute Gasteiger partial charge is 0.308 e. The van der Waals surface area contributed by atoms with E-state index >= 15 is 0 Å². The van der Waals surface area contributed by atoms with Crippen LogP contribution in [0.3, 0.4) is 0 Å². The monoisotopic (exact) mass is 456 g/mol. The van der Waals surface area contributed by atoms with Crippen LogP contribution in [0.5, 0.6) is 0 Å². The van der Waals surface area contributed by atoms with Crippen molar-refractivity contribution in [1.29, 1.82) is 0 Å². The number of amides is 4. The van der Waals surface area contributed by atoms with Crippen LogP contribution in [0.2, 0.25) is 10.0 Å². The van der Waals surface area contributed by atoms with E-state index in [1.54, 1.807) is 42.5 Å². The molecule has 3 aromatic carbocycles. The number of benzene rings is 3. The van der Waals surface area contributed by atoms with Crippen LogP contribution in [0.25, 0.3) is 0 Å². The summed E-state index contributed by atoms with van der Waals surface area (Å²) in [5, 5.41) is 12.2. The molecule has 0 unspecified atom stereocenters. The number of anilines is 4. The summed E-state index contributed by atoms with van der Waals surface area (Å²) in [7, 11) is 0. The quantitative estimate of drug-likeness (QED) is 0.334. The van der Waals surface area contributed by atoms with Gasteiger partial charge < -0.3 is 21.3 Å². The maximum atomic E-state index is 12.5. The van der Waals surface area contributed by atoms with E-state index in [4.69, 9.17) is 23.2 Å². The van der Waals surface area contributed by atoms with Gasteiger partial charge in [0.05, 0.1) is 0 Å². The van der Waals surface area contributed by atoms with E-state index in [2.05, 4.69) is 21.3 Å². The standard InChI is InChI=1S/C23H22Cl2N4O2/c1-13-4-7-16(24)10-19(13)27-22(30)26-18-9-6-15(3)21(12-18)29-23(31)28-20-11-17(25)8-5-14(20)2/h4-12H,1-3H3,(H2,26,27,30)(H2,28,29,31). The van der Waals surface area contributed by atoms with Gasteiger partial charge in [-0.3, -0.25) is 0 Å². The molecule has 4 N–H and O–H groups in total. The summed E-state index contributed by atoms with van der Waals surface area (Å²) in [5.41, 5.74) is 4.94. The van der Waals surface area contributed by atoms with Crippen molar-refractivity contribution in [2.45, 2.75) is 20.8 Å². The Morgan fingerprint density at radius 2 is 0.968 bits per heavy atom. The summed E-state index contributed by atoms with van der Waals surface area (Å²) in [6.07, 6.45) is 0. The molecule has 0 spiro atoms. The second-order valence-electron chi connectivity index (χ2n) is 7.11. The van der Waals surface area contributed by atoms with Crippen LogP contribution < -0.4 is 21.3 Å². The normalized spacial score (nSPS) is 10.4. The van der Waals surface area contributed by atoms with Gasteiger partial charge in [-0.1, -0.05) is 41.4 Å². The van der Waals surface area contributed by atoms with Gasteiger partial charge in [-0.2, -0.15) is 0 Å². The van der Waals surface area contributed by atoms with E-state index in [1.165, 1.54) is 0 Å². The lowest BCUT2D eigenvalue weighted by atomic mass is 10.1. The number of carbonyl (C=O) groups is 2.